The molecule has 4 rings (SSSR count). The molecule has 3 heteroatoms. The number of benzene rings is 1. The summed E-state index contributed by atoms with van der Waals surface area (Å²) in [6.45, 7) is 1.14. The standard InChI is InChI=1S/C18H23NO2/c20-9-8-19(11-12-4-2-1-3-5-12)18(21)17-15-13-6-7-14(10-13)16(15)17/h1-5,13-17,20H,6-11H2. The fourth-order valence-electron chi connectivity index (χ4n) is 5.06. The van der Waals surface area contributed by atoms with E-state index in [2.05, 4.69) is 12.1 Å². The average molecular weight is 285 g/mol. The second kappa shape index (κ2) is 5.13. The van der Waals surface area contributed by atoms with Crippen LogP contribution in [0.25, 0.3) is 0 Å². The van der Waals surface area contributed by atoms with E-state index in [9.17, 15) is 9.90 Å². The van der Waals surface area contributed by atoms with E-state index < -0.39 is 0 Å². The Morgan fingerprint density at radius 2 is 1.81 bits per heavy atom. The minimum Gasteiger partial charge on any atom is -0.395 e. The highest BCUT2D eigenvalue weighted by Gasteiger charge is 2.67. The number of carbonyl (C=O) groups excluding carboxylic acids is 1. The molecule has 21 heavy (non-hydrogen) atoms. The van der Waals surface area contributed by atoms with Gasteiger partial charge in [0, 0.05) is 19.0 Å². The summed E-state index contributed by atoms with van der Waals surface area (Å²) in [6.07, 6.45) is 4.06. The van der Waals surface area contributed by atoms with Crippen LogP contribution in [0.1, 0.15) is 24.8 Å². The average Bonchev–Trinajstić information content (AvgIpc) is 2.94. The minimum atomic E-state index is 0.0491. The zero-order valence-electron chi connectivity index (χ0n) is 12.3. The van der Waals surface area contributed by atoms with E-state index in [0.29, 0.717) is 30.8 Å². The van der Waals surface area contributed by atoms with Crippen LogP contribution in [0.4, 0.5) is 0 Å². The first kappa shape index (κ1) is 13.3. The Morgan fingerprint density at radius 3 is 2.43 bits per heavy atom. The van der Waals surface area contributed by atoms with Crippen molar-refractivity contribution in [1.29, 1.82) is 0 Å². The largest absolute Gasteiger partial charge is 0.395 e. The third-order valence-electron chi connectivity index (χ3n) is 5.92. The smallest absolute Gasteiger partial charge is 0.226 e. The SMILES string of the molecule is O=C(C1C2C3CCC(C3)C12)N(CCO)Cc1ccccc1. The maximum atomic E-state index is 12.8. The van der Waals surface area contributed by atoms with E-state index in [1.807, 2.05) is 23.1 Å². The van der Waals surface area contributed by atoms with Gasteiger partial charge in [0.2, 0.25) is 5.91 Å². The molecule has 0 aliphatic heterocycles. The highest BCUT2D eigenvalue weighted by molar-refractivity contribution is 5.83. The Morgan fingerprint density at radius 1 is 1.14 bits per heavy atom. The number of fused-ring (bicyclic) bond motifs is 5. The lowest BCUT2D eigenvalue weighted by Gasteiger charge is -2.23. The summed E-state index contributed by atoms with van der Waals surface area (Å²) < 4.78 is 0. The zero-order valence-corrected chi connectivity index (χ0v) is 12.3. The molecule has 4 atom stereocenters. The maximum Gasteiger partial charge on any atom is 0.226 e. The van der Waals surface area contributed by atoms with Crippen molar-refractivity contribution in [3.05, 3.63) is 35.9 Å². The van der Waals surface area contributed by atoms with Crippen LogP contribution in [0.15, 0.2) is 30.3 Å². The first-order valence-electron chi connectivity index (χ1n) is 8.23. The van der Waals surface area contributed by atoms with Gasteiger partial charge < -0.3 is 10.0 Å². The molecule has 0 heterocycles. The van der Waals surface area contributed by atoms with Crippen LogP contribution in [0, 0.1) is 29.6 Å². The molecule has 3 saturated carbocycles. The van der Waals surface area contributed by atoms with Gasteiger partial charge >= 0.3 is 0 Å². The molecule has 2 bridgehead atoms. The molecule has 112 valence electrons. The van der Waals surface area contributed by atoms with Crippen LogP contribution in [0.2, 0.25) is 0 Å². The van der Waals surface area contributed by atoms with Crippen LogP contribution in [-0.4, -0.2) is 29.1 Å². The molecular formula is C18H23NO2. The molecule has 0 saturated heterocycles. The topological polar surface area (TPSA) is 40.5 Å². The Bertz CT molecular complexity index is 513. The van der Waals surface area contributed by atoms with E-state index in [-0.39, 0.29) is 12.5 Å². The summed E-state index contributed by atoms with van der Waals surface area (Å²) >= 11 is 0. The lowest BCUT2D eigenvalue weighted by atomic mass is 10.0. The Labute approximate surface area is 126 Å². The number of hydrogen-bond donors (Lipinski definition) is 1. The quantitative estimate of drug-likeness (QED) is 0.902. The van der Waals surface area contributed by atoms with Crippen molar-refractivity contribution < 1.29 is 9.90 Å². The van der Waals surface area contributed by atoms with Gasteiger partial charge in [-0.25, -0.2) is 0 Å². The zero-order chi connectivity index (χ0) is 14.4. The van der Waals surface area contributed by atoms with Gasteiger partial charge in [0.05, 0.1) is 6.61 Å². The summed E-state index contributed by atoms with van der Waals surface area (Å²) in [5.41, 5.74) is 1.15. The van der Waals surface area contributed by atoms with Crippen molar-refractivity contribution in [1.82, 2.24) is 4.90 Å². The van der Waals surface area contributed by atoms with E-state index in [1.165, 1.54) is 19.3 Å². The molecule has 0 spiro atoms. The third kappa shape index (κ3) is 2.18. The number of amides is 1. The number of hydrogen-bond acceptors (Lipinski definition) is 2. The summed E-state index contributed by atoms with van der Waals surface area (Å²) in [5, 5.41) is 9.29. The number of aliphatic hydroxyl groups excluding tert-OH is 1. The molecule has 3 nitrogen and oxygen atoms in total. The summed E-state index contributed by atoms with van der Waals surface area (Å²) in [7, 11) is 0. The van der Waals surface area contributed by atoms with Crippen molar-refractivity contribution in [2.75, 3.05) is 13.2 Å². The van der Waals surface area contributed by atoms with E-state index >= 15 is 0 Å². The molecule has 4 unspecified atom stereocenters. The van der Waals surface area contributed by atoms with Gasteiger partial charge in [-0.15, -0.1) is 0 Å². The molecule has 1 aromatic rings. The van der Waals surface area contributed by atoms with E-state index in [4.69, 9.17) is 0 Å². The van der Waals surface area contributed by atoms with Gasteiger partial charge in [0.1, 0.15) is 0 Å². The van der Waals surface area contributed by atoms with Gasteiger partial charge in [-0.2, -0.15) is 0 Å². The summed E-state index contributed by atoms with van der Waals surface area (Å²) in [5.74, 6) is 3.55. The molecule has 3 aliphatic carbocycles. The van der Waals surface area contributed by atoms with Crippen molar-refractivity contribution >= 4 is 5.91 Å². The van der Waals surface area contributed by atoms with Crippen molar-refractivity contribution in [3.8, 4) is 0 Å². The second-order valence-electron chi connectivity index (χ2n) is 6.98. The van der Waals surface area contributed by atoms with Crippen LogP contribution in [0.3, 0.4) is 0 Å². The predicted molar refractivity (Wildman–Crippen MR) is 80.2 cm³/mol. The molecular weight excluding hydrogens is 262 g/mol. The van der Waals surface area contributed by atoms with Gasteiger partial charge in [-0.3, -0.25) is 4.79 Å². The lowest BCUT2D eigenvalue weighted by Crippen LogP contribution is -2.35. The predicted octanol–water partition coefficient (Wildman–Crippen LogP) is 2.30. The molecule has 1 N–H and O–H groups in total. The summed E-state index contributed by atoms with van der Waals surface area (Å²) in [4.78, 5) is 14.7. The van der Waals surface area contributed by atoms with Crippen LogP contribution >= 0.6 is 0 Å². The number of nitrogens with zero attached hydrogens (tertiary/aromatic N) is 1. The monoisotopic (exact) mass is 285 g/mol. The number of aliphatic hydroxyl groups is 1. The van der Waals surface area contributed by atoms with Gasteiger partial charge in [0.25, 0.3) is 0 Å². The fraction of sp³-hybridized carbons (Fsp3) is 0.611. The van der Waals surface area contributed by atoms with Gasteiger partial charge in [0.15, 0.2) is 0 Å². The van der Waals surface area contributed by atoms with Crippen molar-refractivity contribution in [3.63, 3.8) is 0 Å². The number of carbonyl (C=O) groups is 1. The first-order valence-corrected chi connectivity index (χ1v) is 8.23. The normalized spacial score (nSPS) is 35.6. The Hall–Kier alpha value is -1.35. The lowest BCUT2D eigenvalue weighted by molar-refractivity contribution is -0.134. The minimum absolute atomic E-state index is 0.0491. The molecule has 0 aromatic heterocycles. The third-order valence-corrected chi connectivity index (χ3v) is 5.92. The van der Waals surface area contributed by atoms with Crippen LogP contribution < -0.4 is 0 Å². The second-order valence-corrected chi connectivity index (χ2v) is 6.98. The van der Waals surface area contributed by atoms with Crippen molar-refractivity contribution in [2.24, 2.45) is 29.6 Å². The highest BCUT2D eigenvalue weighted by atomic mass is 16.3. The van der Waals surface area contributed by atoms with Crippen molar-refractivity contribution in [2.45, 2.75) is 25.8 Å². The van der Waals surface area contributed by atoms with Crippen LogP contribution in [-0.2, 0) is 11.3 Å². The molecule has 0 radical (unpaired) electrons. The molecule has 1 amide bonds. The Balaban J connectivity index is 1.46. The molecule has 1 aromatic carbocycles. The highest BCUT2D eigenvalue weighted by Crippen LogP contribution is 2.69. The summed E-state index contributed by atoms with van der Waals surface area (Å²) in [6, 6.07) is 10.1. The van der Waals surface area contributed by atoms with Gasteiger partial charge in [-0.1, -0.05) is 30.3 Å². The molecule has 3 aliphatic rings. The first-order chi connectivity index (χ1) is 10.3. The van der Waals surface area contributed by atoms with E-state index in [1.54, 1.807) is 0 Å². The maximum absolute atomic E-state index is 12.8. The Kier molecular flexibility index (Phi) is 3.26. The fourth-order valence-corrected chi connectivity index (χ4v) is 5.06. The number of rotatable bonds is 5. The van der Waals surface area contributed by atoms with Gasteiger partial charge in [-0.05, 0) is 48.5 Å². The van der Waals surface area contributed by atoms with E-state index in [0.717, 1.165) is 17.4 Å². The van der Waals surface area contributed by atoms with Crippen LogP contribution in [0.5, 0.6) is 0 Å². The molecule has 3 fully saturated rings.